The number of hydrogen-bond donors (Lipinski definition) is 2. The fourth-order valence-electron chi connectivity index (χ4n) is 1.99. The average Bonchev–Trinajstić information content (AvgIpc) is 2.49. The van der Waals surface area contributed by atoms with Crippen LogP contribution in [0, 0.1) is 6.92 Å². The summed E-state index contributed by atoms with van der Waals surface area (Å²) in [6, 6.07) is 4.30. The maximum Gasteiger partial charge on any atom is 0.196 e. The maximum absolute atomic E-state index is 11.6. The predicted octanol–water partition coefficient (Wildman–Crippen LogP) is 1.86. The van der Waals surface area contributed by atoms with Gasteiger partial charge >= 0.3 is 0 Å². The third kappa shape index (κ3) is 4.08. The highest BCUT2D eigenvalue weighted by Gasteiger charge is 2.09. The lowest BCUT2D eigenvalue weighted by atomic mass is 10.2. The van der Waals surface area contributed by atoms with E-state index in [4.69, 9.17) is 14.3 Å². The van der Waals surface area contributed by atoms with Crippen molar-refractivity contribution in [2.45, 2.75) is 13.0 Å². The van der Waals surface area contributed by atoms with Crippen LogP contribution in [0.1, 0.15) is 5.76 Å². The molecule has 0 unspecified atom stereocenters. The van der Waals surface area contributed by atoms with Gasteiger partial charge in [-0.05, 0) is 31.2 Å². The SMILES string of the molecule is COc1cc(O)c2c(=O)cc(C)oc2c1.O=C1C=CC(O)C=C1. The number of aryl methyl sites for hydroxylation is 1. The number of fused-ring (bicyclic) bond motifs is 1. The number of benzene rings is 1. The number of ketones is 1. The predicted molar refractivity (Wildman–Crippen MR) is 84.7 cm³/mol. The Kier molecular flexibility index (Phi) is 4.98. The van der Waals surface area contributed by atoms with Gasteiger partial charge in [0, 0.05) is 18.2 Å². The largest absolute Gasteiger partial charge is 0.507 e. The second-order valence-electron chi connectivity index (χ2n) is 4.85. The number of rotatable bonds is 1. The van der Waals surface area contributed by atoms with E-state index >= 15 is 0 Å². The van der Waals surface area contributed by atoms with E-state index in [0.29, 0.717) is 17.1 Å². The Morgan fingerprint density at radius 2 is 1.78 bits per heavy atom. The fourth-order valence-corrected chi connectivity index (χ4v) is 1.99. The van der Waals surface area contributed by atoms with Gasteiger partial charge in [0.25, 0.3) is 0 Å². The first kappa shape index (κ1) is 16.5. The summed E-state index contributed by atoms with van der Waals surface area (Å²) in [7, 11) is 1.48. The summed E-state index contributed by atoms with van der Waals surface area (Å²) < 4.78 is 10.3. The summed E-state index contributed by atoms with van der Waals surface area (Å²) >= 11 is 0. The van der Waals surface area contributed by atoms with Crippen molar-refractivity contribution in [2.24, 2.45) is 0 Å². The Balaban J connectivity index is 0.000000203. The van der Waals surface area contributed by atoms with Gasteiger partial charge in [-0.2, -0.15) is 0 Å². The number of phenolic OH excluding ortho intramolecular Hbond substituents is 1. The minimum absolute atomic E-state index is 0.0599. The van der Waals surface area contributed by atoms with Gasteiger partial charge in [0.05, 0.1) is 13.2 Å². The van der Waals surface area contributed by atoms with Crippen molar-refractivity contribution in [2.75, 3.05) is 7.11 Å². The van der Waals surface area contributed by atoms with Crippen LogP contribution < -0.4 is 10.2 Å². The van der Waals surface area contributed by atoms with E-state index in [9.17, 15) is 14.7 Å². The highest BCUT2D eigenvalue weighted by atomic mass is 16.5. The van der Waals surface area contributed by atoms with Crippen LogP contribution >= 0.6 is 0 Å². The molecule has 0 aliphatic heterocycles. The molecule has 1 aromatic heterocycles. The molecule has 6 nitrogen and oxygen atoms in total. The topological polar surface area (TPSA) is 97.0 Å². The van der Waals surface area contributed by atoms with Crippen LogP contribution in [0.2, 0.25) is 0 Å². The average molecular weight is 316 g/mol. The number of carbonyl (C=O) groups excluding carboxylic acids is 1. The molecule has 0 spiro atoms. The quantitative estimate of drug-likeness (QED) is 0.833. The minimum Gasteiger partial charge on any atom is -0.507 e. The van der Waals surface area contributed by atoms with Crippen LogP contribution in [0.3, 0.4) is 0 Å². The third-order valence-electron chi connectivity index (χ3n) is 3.06. The molecule has 2 N–H and O–H groups in total. The van der Waals surface area contributed by atoms with Gasteiger partial charge in [0.2, 0.25) is 0 Å². The lowest BCUT2D eigenvalue weighted by molar-refractivity contribution is -0.110. The summed E-state index contributed by atoms with van der Waals surface area (Å²) in [5, 5.41) is 18.5. The number of ether oxygens (including phenoxy) is 1. The molecular weight excluding hydrogens is 300 g/mol. The lowest BCUT2D eigenvalue weighted by Crippen LogP contribution is -2.03. The molecule has 1 aliphatic rings. The summed E-state index contributed by atoms with van der Waals surface area (Å²) in [5.41, 5.74) is 0.0748. The first-order chi connectivity index (χ1) is 10.9. The molecule has 1 aromatic carbocycles. The second-order valence-corrected chi connectivity index (χ2v) is 4.85. The highest BCUT2D eigenvalue weighted by Crippen LogP contribution is 2.28. The van der Waals surface area contributed by atoms with E-state index in [2.05, 4.69) is 0 Å². The van der Waals surface area contributed by atoms with Crippen molar-refractivity contribution in [3.8, 4) is 11.5 Å². The third-order valence-corrected chi connectivity index (χ3v) is 3.06. The fraction of sp³-hybridized carbons (Fsp3) is 0.176. The van der Waals surface area contributed by atoms with E-state index in [0.717, 1.165) is 0 Å². The molecule has 0 atom stereocenters. The van der Waals surface area contributed by atoms with Crippen molar-refractivity contribution in [1.29, 1.82) is 0 Å². The summed E-state index contributed by atoms with van der Waals surface area (Å²) in [4.78, 5) is 21.9. The van der Waals surface area contributed by atoms with E-state index in [1.54, 1.807) is 13.0 Å². The molecule has 1 heterocycles. The molecule has 0 radical (unpaired) electrons. The number of carbonyl (C=O) groups is 1. The van der Waals surface area contributed by atoms with Gasteiger partial charge in [-0.3, -0.25) is 9.59 Å². The van der Waals surface area contributed by atoms with Gasteiger partial charge in [0.15, 0.2) is 11.2 Å². The zero-order valence-corrected chi connectivity index (χ0v) is 12.6. The van der Waals surface area contributed by atoms with Crippen molar-refractivity contribution >= 4 is 16.8 Å². The first-order valence-corrected chi connectivity index (χ1v) is 6.80. The second kappa shape index (κ2) is 6.93. The van der Waals surface area contributed by atoms with Crippen LogP contribution in [0.5, 0.6) is 11.5 Å². The molecule has 1 aliphatic carbocycles. The molecule has 2 aromatic rings. The Labute approximate surface area is 131 Å². The van der Waals surface area contributed by atoms with Crippen molar-refractivity contribution in [1.82, 2.24) is 0 Å². The summed E-state index contributed by atoms with van der Waals surface area (Å²) in [5.74, 6) is 0.766. The van der Waals surface area contributed by atoms with Gasteiger partial charge in [-0.15, -0.1) is 0 Å². The number of phenols is 1. The molecule has 0 bridgehead atoms. The summed E-state index contributed by atoms with van der Waals surface area (Å²) in [6.45, 7) is 1.68. The van der Waals surface area contributed by atoms with Crippen LogP contribution in [-0.4, -0.2) is 29.2 Å². The molecule has 23 heavy (non-hydrogen) atoms. The molecule has 6 heteroatoms. The standard InChI is InChI=1S/C11H10O4.C6H6O2/c1-6-3-8(12)11-9(13)4-7(14-2)5-10(11)15-6;7-5-1-2-6(8)4-3-5/h3-5,13H,1-2H3;1-5,7H. The molecule has 0 fully saturated rings. The zero-order chi connectivity index (χ0) is 17.0. The monoisotopic (exact) mass is 316 g/mol. The highest BCUT2D eigenvalue weighted by molar-refractivity contribution is 6.00. The van der Waals surface area contributed by atoms with Gasteiger partial charge in [-0.25, -0.2) is 0 Å². The number of aromatic hydroxyl groups is 1. The number of aliphatic hydroxyl groups excluding tert-OH is 1. The molecule has 0 amide bonds. The van der Waals surface area contributed by atoms with E-state index < -0.39 is 6.10 Å². The molecule has 3 rings (SSSR count). The van der Waals surface area contributed by atoms with Crippen LogP contribution in [-0.2, 0) is 4.79 Å². The summed E-state index contributed by atoms with van der Waals surface area (Å²) in [6.07, 6.45) is 5.03. The Morgan fingerprint density at radius 3 is 2.35 bits per heavy atom. The number of allylic oxidation sites excluding steroid dienone is 2. The first-order valence-electron chi connectivity index (χ1n) is 6.80. The lowest BCUT2D eigenvalue weighted by Gasteiger charge is -2.04. The van der Waals surface area contributed by atoms with Crippen molar-refractivity contribution < 1.29 is 24.2 Å². The Hall–Kier alpha value is -2.86. The van der Waals surface area contributed by atoms with Crippen LogP contribution in [0.4, 0.5) is 0 Å². The van der Waals surface area contributed by atoms with Crippen molar-refractivity contribution in [3.05, 3.63) is 58.5 Å². The zero-order valence-electron chi connectivity index (χ0n) is 12.6. The smallest absolute Gasteiger partial charge is 0.196 e. The van der Waals surface area contributed by atoms with Crippen molar-refractivity contribution in [3.63, 3.8) is 0 Å². The van der Waals surface area contributed by atoms with Gasteiger partial charge < -0.3 is 19.4 Å². The number of methoxy groups -OCH3 is 1. The van der Waals surface area contributed by atoms with E-state index in [-0.39, 0.29) is 22.3 Å². The molecule has 0 saturated carbocycles. The molecule has 0 saturated heterocycles. The minimum atomic E-state index is -0.562. The maximum atomic E-state index is 11.6. The van der Waals surface area contributed by atoms with Gasteiger partial charge in [0.1, 0.15) is 28.2 Å². The number of aliphatic hydroxyl groups is 1. The van der Waals surface area contributed by atoms with E-state index in [1.165, 1.54) is 43.5 Å². The number of hydrogen-bond acceptors (Lipinski definition) is 6. The normalized spacial score (nSPS) is 13.8. The van der Waals surface area contributed by atoms with Crippen LogP contribution in [0.25, 0.3) is 11.0 Å². The Morgan fingerprint density at radius 1 is 1.13 bits per heavy atom. The Bertz CT molecular complexity index is 828. The van der Waals surface area contributed by atoms with Crippen LogP contribution in [0.15, 0.2) is 51.7 Å². The van der Waals surface area contributed by atoms with Gasteiger partial charge in [-0.1, -0.05) is 0 Å². The molecule has 120 valence electrons. The molecular formula is C17H16O6. The van der Waals surface area contributed by atoms with E-state index in [1.807, 2.05) is 0 Å².